The molecule has 29 heavy (non-hydrogen) atoms. The molecule has 2 N–H and O–H groups in total. The number of aromatic nitrogens is 1. The summed E-state index contributed by atoms with van der Waals surface area (Å²) in [7, 11) is 0. The second kappa shape index (κ2) is 7.80. The summed E-state index contributed by atoms with van der Waals surface area (Å²) >= 11 is 0. The van der Waals surface area contributed by atoms with E-state index in [1.807, 2.05) is 31.2 Å². The van der Waals surface area contributed by atoms with Gasteiger partial charge in [0.15, 0.2) is 0 Å². The van der Waals surface area contributed by atoms with Crippen molar-refractivity contribution >= 4 is 28.2 Å². The molecule has 0 spiro atoms. The second-order valence-electron chi connectivity index (χ2n) is 7.39. The van der Waals surface area contributed by atoms with Crippen molar-refractivity contribution in [3.8, 4) is 0 Å². The summed E-state index contributed by atoms with van der Waals surface area (Å²) in [6.45, 7) is 11.1. The van der Waals surface area contributed by atoms with E-state index in [9.17, 15) is 9.59 Å². The Labute approximate surface area is 169 Å². The van der Waals surface area contributed by atoms with Gasteiger partial charge in [0.05, 0.1) is 5.56 Å². The van der Waals surface area contributed by atoms with Gasteiger partial charge in [-0.05, 0) is 61.7 Å². The Bertz CT molecular complexity index is 1180. The third-order valence-electron chi connectivity index (χ3n) is 5.32. The molecule has 0 atom stereocenters. The summed E-state index contributed by atoms with van der Waals surface area (Å²) in [4.78, 5) is 33.3. The fraction of sp³-hybridized carbons (Fsp3) is 0.261. The standard InChI is InChI=1S/C23H22N4O2/c1-15-11-22(28)26-20-7-6-17(13-18(15)20)25-23(29)19-12-16(14-24-2)5-8-21(19)27-9-3-4-10-27/h5-8,11-13H,3-4,9-10,14H2,1H3,(H,25,29)(H,26,28). The van der Waals surface area contributed by atoms with E-state index in [0.717, 1.165) is 53.6 Å². The van der Waals surface area contributed by atoms with Crippen LogP contribution in [0.5, 0.6) is 0 Å². The number of carbonyl (C=O) groups is 1. The van der Waals surface area contributed by atoms with Crippen molar-refractivity contribution in [2.24, 2.45) is 0 Å². The van der Waals surface area contributed by atoms with Gasteiger partial charge in [-0.15, -0.1) is 0 Å². The van der Waals surface area contributed by atoms with Crippen LogP contribution in [0.4, 0.5) is 11.4 Å². The first-order valence-corrected chi connectivity index (χ1v) is 9.71. The molecule has 2 heterocycles. The molecule has 1 aliphatic rings. The average molecular weight is 386 g/mol. The zero-order valence-electron chi connectivity index (χ0n) is 16.3. The third kappa shape index (κ3) is 3.85. The molecular weight excluding hydrogens is 364 g/mol. The summed E-state index contributed by atoms with van der Waals surface area (Å²) in [5.41, 5.74) is 4.46. The molecule has 0 radical (unpaired) electrons. The summed E-state index contributed by atoms with van der Waals surface area (Å²) in [5, 5.41) is 3.88. The molecule has 1 saturated heterocycles. The van der Waals surface area contributed by atoms with Crippen molar-refractivity contribution < 1.29 is 4.79 Å². The smallest absolute Gasteiger partial charge is 0.257 e. The van der Waals surface area contributed by atoms with Crippen LogP contribution in [0.1, 0.15) is 34.3 Å². The van der Waals surface area contributed by atoms with E-state index in [2.05, 4.69) is 20.0 Å². The molecule has 6 heteroatoms. The van der Waals surface area contributed by atoms with Crippen molar-refractivity contribution in [3.63, 3.8) is 0 Å². The van der Waals surface area contributed by atoms with Crippen LogP contribution in [-0.2, 0) is 6.54 Å². The van der Waals surface area contributed by atoms with Gasteiger partial charge in [-0.25, -0.2) is 6.57 Å². The zero-order chi connectivity index (χ0) is 20.4. The number of aromatic amines is 1. The molecule has 1 amide bonds. The Kier molecular flexibility index (Phi) is 5.05. The Hall–Kier alpha value is -3.59. The Morgan fingerprint density at radius 2 is 1.97 bits per heavy atom. The molecule has 0 bridgehead atoms. The lowest BCUT2D eigenvalue weighted by Crippen LogP contribution is -2.23. The topological polar surface area (TPSA) is 69.6 Å². The SMILES string of the molecule is [C-]#[N+]Cc1ccc(N2CCCC2)c(C(=O)Nc2ccc3[nH]c(=O)cc(C)c3c2)c1. The van der Waals surface area contributed by atoms with Crippen LogP contribution in [-0.4, -0.2) is 24.0 Å². The van der Waals surface area contributed by atoms with Gasteiger partial charge in [-0.2, -0.15) is 0 Å². The van der Waals surface area contributed by atoms with E-state index in [0.29, 0.717) is 11.3 Å². The molecule has 146 valence electrons. The number of benzene rings is 2. The van der Waals surface area contributed by atoms with Crippen LogP contribution >= 0.6 is 0 Å². The number of pyridine rings is 1. The number of fused-ring (bicyclic) bond motifs is 1. The van der Waals surface area contributed by atoms with Crippen molar-refractivity contribution in [1.82, 2.24) is 4.98 Å². The Morgan fingerprint density at radius 1 is 1.17 bits per heavy atom. The quantitative estimate of drug-likeness (QED) is 0.663. The highest BCUT2D eigenvalue weighted by molar-refractivity contribution is 6.09. The van der Waals surface area contributed by atoms with Gasteiger partial charge in [0.2, 0.25) is 12.1 Å². The highest BCUT2D eigenvalue weighted by Gasteiger charge is 2.21. The lowest BCUT2D eigenvalue weighted by molar-refractivity contribution is 0.102. The number of nitrogens with one attached hydrogen (secondary N) is 2. The van der Waals surface area contributed by atoms with E-state index in [-0.39, 0.29) is 18.0 Å². The maximum Gasteiger partial charge on any atom is 0.257 e. The van der Waals surface area contributed by atoms with Crippen molar-refractivity contribution in [2.45, 2.75) is 26.3 Å². The first kappa shape index (κ1) is 18.8. The molecule has 0 saturated carbocycles. The number of hydrogen-bond acceptors (Lipinski definition) is 3. The van der Waals surface area contributed by atoms with Crippen molar-refractivity contribution in [2.75, 3.05) is 23.3 Å². The number of rotatable bonds is 4. The third-order valence-corrected chi connectivity index (χ3v) is 5.32. The van der Waals surface area contributed by atoms with Crippen LogP contribution < -0.4 is 15.8 Å². The van der Waals surface area contributed by atoms with E-state index >= 15 is 0 Å². The number of hydrogen-bond donors (Lipinski definition) is 2. The first-order valence-electron chi connectivity index (χ1n) is 9.71. The summed E-state index contributed by atoms with van der Waals surface area (Å²) in [6.07, 6.45) is 2.24. The first-order chi connectivity index (χ1) is 14.0. The molecule has 1 aliphatic heterocycles. The molecule has 1 fully saturated rings. The van der Waals surface area contributed by atoms with E-state index < -0.39 is 0 Å². The minimum absolute atomic E-state index is 0.140. The molecule has 1 aromatic heterocycles. The van der Waals surface area contributed by atoms with Gasteiger partial charge in [0.1, 0.15) is 0 Å². The van der Waals surface area contributed by atoms with Crippen LogP contribution in [0, 0.1) is 13.5 Å². The maximum atomic E-state index is 13.2. The van der Waals surface area contributed by atoms with E-state index in [1.54, 1.807) is 18.2 Å². The van der Waals surface area contributed by atoms with Gasteiger partial charge in [0.25, 0.3) is 5.91 Å². The van der Waals surface area contributed by atoms with Crippen LogP contribution in [0.2, 0.25) is 0 Å². The number of aryl methyl sites for hydroxylation is 1. The van der Waals surface area contributed by atoms with Gasteiger partial charge in [-0.3, -0.25) is 9.59 Å². The molecule has 0 unspecified atom stereocenters. The predicted octanol–water partition coefficient (Wildman–Crippen LogP) is 4.11. The molecule has 6 nitrogen and oxygen atoms in total. The lowest BCUT2D eigenvalue weighted by atomic mass is 10.1. The fourth-order valence-electron chi connectivity index (χ4n) is 3.89. The van der Waals surface area contributed by atoms with Gasteiger partial charge in [-0.1, -0.05) is 0 Å². The lowest BCUT2D eigenvalue weighted by Gasteiger charge is -2.21. The molecule has 2 aromatic carbocycles. The van der Waals surface area contributed by atoms with Gasteiger partial charge < -0.3 is 20.0 Å². The molecule has 4 rings (SSSR count). The van der Waals surface area contributed by atoms with Crippen molar-refractivity contribution in [3.05, 3.63) is 80.9 Å². The Morgan fingerprint density at radius 3 is 2.72 bits per heavy atom. The van der Waals surface area contributed by atoms with E-state index in [4.69, 9.17) is 6.57 Å². The Balaban J connectivity index is 1.68. The van der Waals surface area contributed by atoms with Crippen molar-refractivity contribution in [1.29, 1.82) is 0 Å². The van der Waals surface area contributed by atoms with Crippen LogP contribution in [0.15, 0.2) is 47.3 Å². The molecule has 3 aromatic rings. The number of H-pyrrole nitrogens is 1. The minimum Gasteiger partial charge on any atom is -0.371 e. The van der Waals surface area contributed by atoms with Gasteiger partial charge >= 0.3 is 0 Å². The summed E-state index contributed by atoms with van der Waals surface area (Å²) in [6, 6.07) is 12.7. The van der Waals surface area contributed by atoms with Crippen LogP contribution in [0.25, 0.3) is 15.7 Å². The highest BCUT2D eigenvalue weighted by atomic mass is 16.1. The van der Waals surface area contributed by atoms with Crippen LogP contribution in [0.3, 0.4) is 0 Å². The predicted molar refractivity (Wildman–Crippen MR) is 115 cm³/mol. The maximum absolute atomic E-state index is 13.2. The van der Waals surface area contributed by atoms with Gasteiger partial charge in [0, 0.05) is 47.0 Å². The number of amides is 1. The highest BCUT2D eigenvalue weighted by Crippen LogP contribution is 2.28. The second-order valence-corrected chi connectivity index (χ2v) is 7.39. The number of carbonyl (C=O) groups excluding carboxylic acids is 1. The fourth-order valence-corrected chi connectivity index (χ4v) is 3.89. The molecular formula is C23H22N4O2. The molecule has 0 aliphatic carbocycles. The monoisotopic (exact) mass is 386 g/mol. The largest absolute Gasteiger partial charge is 0.371 e. The number of nitrogens with zero attached hydrogens (tertiary/aromatic N) is 2. The number of anilines is 2. The van der Waals surface area contributed by atoms with E-state index in [1.165, 1.54) is 0 Å². The zero-order valence-corrected chi connectivity index (χ0v) is 16.3. The normalized spacial score (nSPS) is 13.4. The summed E-state index contributed by atoms with van der Waals surface area (Å²) in [5.74, 6) is -0.194. The summed E-state index contributed by atoms with van der Waals surface area (Å²) < 4.78 is 0. The average Bonchev–Trinajstić information content (AvgIpc) is 3.23. The minimum atomic E-state index is -0.194.